The van der Waals surface area contributed by atoms with Crippen molar-refractivity contribution in [2.24, 2.45) is 10.7 Å². The Morgan fingerprint density at radius 2 is 1.86 bits per heavy atom. The lowest BCUT2D eigenvalue weighted by Crippen LogP contribution is -2.32. The summed E-state index contributed by atoms with van der Waals surface area (Å²) >= 11 is 3.48. The maximum atomic E-state index is 5.62. The summed E-state index contributed by atoms with van der Waals surface area (Å²) in [6.07, 6.45) is 0. The van der Waals surface area contributed by atoms with Gasteiger partial charge in [0, 0.05) is 23.2 Å². The molecule has 0 aliphatic carbocycles. The number of hydrogen-bond donors (Lipinski definition) is 1. The Hall–Kier alpha value is -2.01. The lowest BCUT2D eigenvalue weighted by atomic mass is 10.1. The minimum Gasteiger partial charge on any atom is -0.463 e. The maximum absolute atomic E-state index is 5.62. The van der Waals surface area contributed by atoms with Crippen molar-refractivity contribution in [3.8, 4) is 0 Å². The van der Waals surface area contributed by atoms with Gasteiger partial charge in [0.1, 0.15) is 12.6 Å². The Labute approximate surface area is 138 Å². The Kier molecular flexibility index (Phi) is 4.63. The van der Waals surface area contributed by atoms with Crippen LogP contribution in [0.2, 0.25) is 0 Å². The van der Waals surface area contributed by atoms with Gasteiger partial charge in [-0.05, 0) is 29.8 Å². The molecule has 0 fully saturated rings. The summed E-state index contributed by atoms with van der Waals surface area (Å²) in [6.45, 7) is 2.15. The van der Waals surface area contributed by atoms with Gasteiger partial charge < -0.3 is 15.4 Å². The van der Waals surface area contributed by atoms with Crippen LogP contribution in [0.25, 0.3) is 0 Å². The van der Waals surface area contributed by atoms with Gasteiger partial charge in [0.05, 0.1) is 0 Å². The second kappa shape index (κ2) is 6.83. The van der Waals surface area contributed by atoms with Crippen molar-refractivity contribution < 1.29 is 4.74 Å². The predicted octanol–water partition coefficient (Wildman–Crippen LogP) is 3.17. The van der Waals surface area contributed by atoms with Crippen LogP contribution in [-0.4, -0.2) is 25.2 Å². The van der Waals surface area contributed by atoms with Crippen molar-refractivity contribution in [2.45, 2.75) is 12.6 Å². The summed E-state index contributed by atoms with van der Waals surface area (Å²) in [5.74, 6) is 0. The molecule has 0 radical (unpaired) electrons. The van der Waals surface area contributed by atoms with E-state index in [1.807, 2.05) is 6.07 Å². The minimum atomic E-state index is 0.0763. The number of nitrogens with zero attached hydrogens (tertiary/aromatic N) is 2. The summed E-state index contributed by atoms with van der Waals surface area (Å²) in [5.41, 5.74) is 8.04. The number of halogens is 1. The van der Waals surface area contributed by atoms with Gasteiger partial charge >= 0.3 is 0 Å². The highest BCUT2D eigenvalue weighted by atomic mass is 79.9. The maximum Gasteiger partial charge on any atom is 0.282 e. The fourth-order valence-corrected chi connectivity index (χ4v) is 2.77. The lowest BCUT2D eigenvalue weighted by Gasteiger charge is -2.26. The predicted molar refractivity (Wildman–Crippen MR) is 93.0 cm³/mol. The van der Waals surface area contributed by atoms with Gasteiger partial charge in [0.25, 0.3) is 6.02 Å². The number of nitrogens with two attached hydrogens (primary N) is 1. The number of aliphatic imine (C=N–C) groups is 1. The van der Waals surface area contributed by atoms with Gasteiger partial charge in [-0.3, -0.25) is 0 Å². The standard InChI is InChI=1S/C17H18BrN3O/c18-14-6-8-16(9-7-14)21(10-13-4-2-1-3-5-13)11-15-12-22-17(19)20-15/h1-9,15H,10-12H2,(H2,19,20)/t15-/m0/s1. The van der Waals surface area contributed by atoms with E-state index in [-0.39, 0.29) is 6.04 Å². The zero-order valence-corrected chi connectivity index (χ0v) is 13.7. The van der Waals surface area contributed by atoms with Gasteiger partial charge in [-0.1, -0.05) is 46.3 Å². The van der Waals surface area contributed by atoms with E-state index < -0.39 is 0 Å². The summed E-state index contributed by atoms with van der Waals surface area (Å²) in [7, 11) is 0. The third kappa shape index (κ3) is 3.80. The number of hydrogen-bond acceptors (Lipinski definition) is 4. The SMILES string of the molecule is NC1=N[C@@H](CN(Cc2ccccc2)c2ccc(Br)cc2)CO1. The third-order valence-electron chi connectivity index (χ3n) is 3.57. The molecule has 1 aliphatic heterocycles. The van der Waals surface area contributed by atoms with E-state index in [9.17, 15) is 0 Å². The van der Waals surface area contributed by atoms with E-state index in [0.29, 0.717) is 12.6 Å². The van der Waals surface area contributed by atoms with E-state index in [1.54, 1.807) is 0 Å². The fraction of sp³-hybridized carbons (Fsp3) is 0.235. The first kappa shape index (κ1) is 14.9. The molecule has 0 bridgehead atoms. The molecule has 0 amide bonds. The van der Waals surface area contributed by atoms with Crippen molar-refractivity contribution in [3.63, 3.8) is 0 Å². The van der Waals surface area contributed by atoms with E-state index >= 15 is 0 Å². The van der Waals surface area contributed by atoms with E-state index in [1.165, 1.54) is 5.56 Å². The first-order chi connectivity index (χ1) is 10.7. The quantitative estimate of drug-likeness (QED) is 0.891. The van der Waals surface area contributed by atoms with Gasteiger partial charge in [-0.2, -0.15) is 0 Å². The molecule has 4 nitrogen and oxygen atoms in total. The first-order valence-corrected chi connectivity index (χ1v) is 8.00. The largest absolute Gasteiger partial charge is 0.463 e. The molecule has 2 aromatic carbocycles. The molecular weight excluding hydrogens is 342 g/mol. The molecule has 2 N–H and O–H groups in total. The fourth-order valence-electron chi connectivity index (χ4n) is 2.50. The molecule has 3 rings (SSSR count). The molecule has 5 heteroatoms. The van der Waals surface area contributed by atoms with E-state index in [2.05, 4.69) is 74.4 Å². The molecule has 0 saturated carbocycles. The molecule has 0 unspecified atom stereocenters. The summed E-state index contributed by atoms with van der Waals surface area (Å²) in [5, 5.41) is 0. The molecule has 0 saturated heterocycles. The van der Waals surface area contributed by atoms with Gasteiger partial charge in [0.2, 0.25) is 0 Å². The van der Waals surface area contributed by atoms with Crippen LogP contribution in [0.1, 0.15) is 5.56 Å². The van der Waals surface area contributed by atoms with Crippen LogP contribution < -0.4 is 10.6 Å². The van der Waals surface area contributed by atoms with Gasteiger partial charge in [-0.25, -0.2) is 4.99 Å². The highest BCUT2D eigenvalue weighted by Crippen LogP contribution is 2.22. The molecule has 22 heavy (non-hydrogen) atoms. The summed E-state index contributed by atoms with van der Waals surface area (Å²) in [6, 6.07) is 19.1. The van der Waals surface area contributed by atoms with E-state index in [0.717, 1.165) is 23.2 Å². The molecule has 1 atom stereocenters. The average Bonchev–Trinajstić information content (AvgIpc) is 2.94. The van der Waals surface area contributed by atoms with Crippen LogP contribution in [0.4, 0.5) is 5.69 Å². The Morgan fingerprint density at radius 1 is 1.14 bits per heavy atom. The van der Waals surface area contributed by atoms with Crippen LogP contribution in [0.3, 0.4) is 0 Å². The molecule has 0 aromatic heterocycles. The number of ether oxygens (including phenoxy) is 1. The number of anilines is 1. The number of rotatable bonds is 5. The molecule has 2 aromatic rings. The smallest absolute Gasteiger partial charge is 0.282 e. The zero-order valence-electron chi connectivity index (χ0n) is 12.2. The van der Waals surface area contributed by atoms with Crippen molar-refractivity contribution in [2.75, 3.05) is 18.1 Å². The minimum absolute atomic E-state index is 0.0763. The van der Waals surface area contributed by atoms with Crippen molar-refractivity contribution in [1.29, 1.82) is 0 Å². The zero-order chi connectivity index (χ0) is 15.4. The first-order valence-electron chi connectivity index (χ1n) is 7.21. The number of amidine groups is 1. The van der Waals surface area contributed by atoms with Crippen LogP contribution in [-0.2, 0) is 11.3 Å². The normalized spacial score (nSPS) is 17.0. The molecule has 1 heterocycles. The van der Waals surface area contributed by atoms with Crippen LogP contribution >= 0.6 is 15.9 Å². The Bertz CT molecular complexity index is 643. The average molecular weight is 360 g/mol. The van der Waals surface area contributed by atoms with Gasteiger partial charge in [-0.15, -0.1) is 0 Å². The lowest BCUT2D eigenvalue weighted by molar-refractivity contribution is 0.313. The third-order valence-corrected chi connectivity index (χ3v) is 4.10. The second-order valence-electron chi connectivity index (χ2n) is 5.27. The van der Waals surface area contributed by atoms with Crippen molar-refractivity contribution in [1.82, 2.24) is 0 Å². The number of benzene rings is 2. The molecular formula is C17H18BrN3O. The Balaban J connectivity index is 1.80. The molecule has 114 valence electrons. The Morgan fingerprint density at radius 3 is 2.50 bits per heavy atom. The van der Waals surface area contributed by atoms with Crippen LogP contribution in [0, 0.1) is 0 Å². The summed E-state index contributed by atoms with van der Waals surface area (Å²) in [4.78, 5) is 6.64. The topological polar surface area (TPSA) is 50.8 Å². The van der Waals surface area contributed by atoms with E-state index in [4.69, 9.17) is 10.5 Å². The van der Waals surface area contributed by atoms with Crippen LogP contribution in [0.5, 0.6) is 0 Å². The highest BCUT2D eigenvalue weighted by Gasteiger charge is 2.20. The summed E-state index contributed by atoms with van der Waals surface area (Å²) < 4.78 is 6.34. The second-order valence-corrected chi connectivity index (χ2v) is 6.19. The monoisotopic (exact) mass is 359 g/mol. The molecule has 0 spiro atoms. The van der Waals surface area contributed by atoms with Crippen LogP contribution in [0.15, 0.2) is 64.1 Å². The van der Waals surface area contributed by atoms with Crippen molar-refractivity contribution in [3.05, 3.63) is 64.6 Å². The highest BCUT2D eigenvalue weighted by molar-refractivity contribution is 9.10. The van der Waals surface area contributed by atoms with Gasteiger partial charge in [0.15, 0.2) is 0 Å². The molecule has 1 aliphatic rings. The van der Waals surface area contributed by atoms with Crippen molar-refractivity contribution >= 4 is 27.6 Å².